The van der Waals surface area contributed by atoms with E-state index in [1.54, 1.807) is 30.3 Å². The van der Waals surface area contributed by atoms with E-state index in [-0.39, 0.29) is 10.6 Å². The molecule has 5 nitrogen and oxygen atoms in total. The summed E-state index contributed by atoms with van der Waals surface area (Å²) in [6.07, 6.45) is 0. The van der Waals surface area contributed by atoms with Gasteiger partial charge in [0.05, 0.1) is 9.37 Å². The number of halogens is 2. The molecule has 8 heteroatoms. The van der Waals surface area contributed by atoms with Crippen molar-refractivity contribution in [3.05, 3.63) is 58.0 Å². The van der Waals surface area contributed by atoms with Crippen LogP contribution in [-0.4, -0.2) is 32.3 Å². The first-order chi connectivity index (χ1) is 10.8. The molecule has 0 aliphatic rings. The van der Waals surface area contributed by atoms with Gasteiger partial charge in [0, 0.05) is 12.1 Å². The van der Waals surface area contributed by atoms with Gasteiger partial charge in [-0.1, -0.05) is 29.8 Å². The number of sulfonamides is 1. The summed E-state index contributed by atoms with van der Waals surface area (Å²) < 4.78 is 31.2. The van der Waals surface area contributed by atoms with Crippen molar-refractivity contribution < 1.29 is 17.9 Å². The monoisotopic (exact) mass is 417 g/mol. The van der Waals surface area contributed by atoms with Crippen LogP contribution >= 0.6 is 27.5 Å². The number of esters is 1. The number of ether oxygens (including phenoxy) is 1. The summed E-state index contributed by atoms with van der Waals surface area (Å²) in [5, 5.41) is 0.487. The summed E-state index contributed by atoms with van der Waals surface area (Å²) in [6.45, 7) is -0.410. The Morgan fingerprint density at radius 1 is 1.22 bits per heavy atom. The topological polar surface area (TPSA) is 63.7 Å². The molecule has 0 unspecified atom stereocenters. The lowest BCUT2D eigenvalue weighted by Gasteiger charge is -2.16. The van der Waals surface area contributed by atoms with E-state index in [1.165, 1.54) is 25.2 Å². The predicted octanol–water partition coefficient (Wildman–Crippen LogP) is 3.33. The number of hydrogen-bond acceptors (Lipinski definition) is 4. The molecular formula is C15H13BrClNO4S. The van der Waals surface area contributed by atoms with Gasteiger partial charge in [0.2, 0.25) is 10.0 Å². The van der Waals surface area contributed by atoms with Crippen molar-refractivity contribution >= 4 is 43.5 Å². The van der Waals surface area contributed by atoms with Crippen LogP contribution in [0.3, 0.4) is 0 Å². The van der Waals surface area contributed by atoms with E-state index in [2.05, 4.69) is 15.9 Å². The van der Waals surface area contributed by atoms with Crippen LogP contribution in [0.5, 0.6) is 5.75 Å². The maximum Gasteiger partial charge on any atom is 0.326 e. The summed E-state index contributed by atoms with van der Waals surface area (Å²) >= 11 is 9.03. The van der Waals surface area contributed by atoms with Crippen LogP contribution in [0.1, 0.15) is 0 Å². The van der Waals surface area contributed by atoms with E-state index in [9.17, 15) is 13.2 Å². The highest BCUT2D eigenvalue weighted by atomic mass is 79.9. The quantitative estimate of drug-likeness (QED) is 0.552. The molecular weight excluding hydrogens is 406 g/mol. The van der Waals surface area contributed by atoms with Gasteiger partial charge < -0.3 is 4.74 Å². The lowest BCUT2D eigenvalue weighted by atomic mass is 10.3. The van der Waals surface area contributed by atoms with Gasteiger partial charge in [-0.3, -0.25) is 4.79 Å². The van der Waals surface area contributed by atoms with Crippen molar-refractivity contribution in [2.24, 2.45) is 0 Å². The molecule has 0 radical (unpaired) electrons. The minimum absolute atomic E-state index is 0.114. The number of hydrogen-bond donors (Lipinski definition) is 0. The fraction of sp³-hybridized carbons (Fsp3) is 0.133. The first kappa shape index (κ1) is 17.9. The number of likely N-dealkylation sites (N-methyl/N-ethyl adjacent to an activating group) is 1. The van der Waals surface area contributed by atoms with E-state index in [4.69, 9.17) is 16.3 Å². The molecule has 0 aromatic heterocycles. The fourth-order valence-corrected chi connectivity index (χ4v) is 3.65. The Bertz CT molecular complexity index is 811. The number of rotatable bonds is 5. The molecule has 0 spiro atoms. The van der Waals surface area contributed by atoms with Crippen LogP contribution < -0.4 is 4.74 Å². The van der Waals surface area contributed by atoms with Crippen molar-refractivity contribution in [3.63, 3.8) is 0 Å². The molecule has 0 aliphatic carbocycles. The van der Waals surface area contributed by atoms with Crippen LogP contribution in [0.2, 0.25) is 5.02 Å². The summed E-state index contributed by atoms with van der Waals surface area (Å²) in [4.78, 5) is 12.1. The van der Waals surface area contributed by atoms with Gasteiger partial charge in [0.1, 0.15) is 12.3 Å². The Kier molecular flexibility index (Phi) is 5.80. The number of carbonyl (C=O) groups is 1. The van der Waals surface area contributed by atoms with E-state index in [0.717, 1.165) is 4.31 Å². The lowest BCUT2D eigenvalue weighted by molar-refractivity contribution is -0.134. The predicted molar refractivity (Wildman–Crippen MR) is 91.0 cm³/mol. The van der Waals surface area contributed by atoms with E-state index in [1.807, 2.05) is 0 Å². The Morgan fingerprint density at radius 2 is 1.87 bits per heavy atom. The smallest absolute Gasteiger partial charge is 0.326 e. The zero-order chi connectivity index (χ0) is 17.0. The van der Waals surface area contributed by atoms with Crippen molar-refractivity contribution in [2.75, 3.05) is 13.6 Å². The van der Waals surface area contributed by atoms with E-state index >= 15 is 0 Å². The Balaban J connectivity index is 2.08. The van der Waals surface area contributed by atoms with Crippen LogP contribution in [0.4, 0.5) is 0 Å². The van der Waals surface area contributed by atoms with Gasteiger partial charge in [-0.2, -0.15) is 4.31 Å². The Hall–Kier alpha value is -1.41. The van der Waals surface area contributed by atoms with E-state index in [0.29, 0.717) is 9.50 Å². The molecule has 0 aliphatic heterocycles. The standard InChI is InChI=1S/C15H13BrClNO4S/c1-18(23(20,21)12-5-3-2-4-6-12)10-15(19)22-14-8-7-11(17)9-13(14)16/h2-9H,10H2,1H3. The lowest BCUT2D eigenvalue weighted by Crippen LogP contribution is -2.34. The third kappa shape index (κ3) is 4.54. The van der Waals surface area contributed by atoms with Crippen molar-refractivity contribution in [2.45, 2.75) is 4.90 Å². The minimum Gasteiger partial charge on any atom is -0.424 e. The first-order valence-corrected chi connectivity index (χ1v) is 9.09. The van der Waals surface area contributed by atoms with Gasteiger partial charge in [0.15, 0.2) is 0 Å². The van der Waals surface area contributed by atoms with E-state index < -0.39 is 22.5 Å². The zero-order valence-corrected chi connectivity index (χ0v) is 15.2. The summed E-state index contributed by atoms with van der Waals surface area (Å²) in [7, 11) is -2.42. The molecule has 0 N–H and O–H groups in total. The molecule has 0 fully saturated rings. The number of carbonyl (C=O) groups excluding carboxylic acids is 1. The summed E-state index contributed by atoms with van der Waals surface area (Å²) in [5.74, 6) is -0.431. The SMILES string of the molecule is CN(CC(=O)Oc1ccc(Cl)cc1Br)S(=O)(=O)c1ccccc1. The maximum atomic E-state index is 12.3. The molecule has 0 bridgehead atoms. The summed E-state index contributed by atoms with van der Waals surface area (Å²) in [6, 6.07) is 12.5. The molecule has 0 atom stereocenters. The second-order valence-corrected chi connectivity index (χ2v) is 7.96. The Labute approximate surface area is 148 Å². The van der Waals surface area contributed by atoms with Gasteiger partial charge in [-0.05, 0) is 46.3 Å². The highest BCUT2D eigenvalue weighted by Gasteiger charge is 2.23. The molecule has 2 aromatic rings. The second kappa shape index (κ2) is 7.44. The van der Waals surface area contributed by atoms with Crippen LogP contribution in [-0.2, 0) is 14.8 Å². The first-order valence-electron chi connectivity index (χ1n) is 6.48. The molecule has 2 aromatic carbocycles. The number of nitrogens with zero attached hydrogens (tertiary/aromatic N) is 1. The average molecular weight is 419 g/mol. The van der Waals surface area contributed by atoms with Gasteiger partial charge in [-0.25, -0.2) is 8.42 Å². The van der Waals surface area contributed by atoms with Gasteiger partial charge in [0.25, 0.3) is 0 Å². The van der Waals surface area contributed by atoms with Crippen molar-refractivity contribution in [1.29, 1.82) is 0 Å². The fourth-order valence-electron chi connectivity index (χ4n) is 1.75. The van der Waals surface area contributed by atoms with Gasteiger partial charge >= 0.3 is 5.97 Å². The molecule has 0 amide bonds. The number of benzene rings is 2. The van der Waals surface area contributed by atoms with Crippen LogP contribution in [0, 0.1) is 0 Å². The van der Waals surface area contributed by atoms with Gasteiger partial charge in [-0.15, -0.1) is 0 Å². The average Bonchev–Trinajstić information content (AvgIpc) is 2.51. The summed E-state index contributed by atoms with van der Waals surface area (Å²) in [5.41, 5.74) is 0. The van der Waals surface area contributed by atoms with Crippen molar-refractivity contribution in [3.8, 4) is 5.75 Å². The normalized spacial score (nSPS) is 11.5. The zero-order valence-electron chi connectivity index (χ0n) is 12.1. The molecule has 2 rings (SSSR count). The molecule has 122 valence electrons. The highest BCUT2D eigenvalue weighted by Crippen LogP contribution is 2.28. The molecule has 0 saturated heterocycles. The maximum absolute atomic E-state index is 12.3. The highest BCUT2D eigenvalue weighted by molar-refractivity contribution is 9.10. The second-order valence-electron chi connectivity index (χ2n) is 4.62. The third-order valence-corrected chi connectivity index (χ3v) is 5.59. The Morgan fingerprint density at radius 3 is 2.48 bits per heavy atom. The van der Waals surface area contributed by atoms with Crippen molar-refractivity contribution in [1.82, 2.24) is 4.31 Å². The third-order valence-electron chi connectivity index (χ3n) is 2.92. The molecule has 0 saturated carbocycles. The van der Waals surface area contributed by atoms with Crippen LogP contribution in [0.25, 0.3) is 0 Å². The van der Waals surface area contributed by atoms with Crippen LogP contribution in [0.15, 0.2) is 57.9 Å². The largest absolute Gasteiger partial charge is 0.424 e. The minimum atomic E-state index is -3.74. The molecule has 0 heterocycles. The molecule has 23 heavy (non-hydrogen) atoms.